The van der Waals surface area contributed by atoms with Gasteiger partial charge in [-0.25, -0.2) is 8.42 Å². The summed E-state index contributed by atoms with van der Waals surface area (Å²) in [6.45, 7) is 0.300. The van der Waals surface area contributed by atoms with E-state index in [9.17, 15) is 8.42 Å². The molecular formula is C15H18N2O4S. The van der Waals surface area contributed by atoms with Gasteiger partial charge in [0.05, 0.1) is 30.0 Å². The van der Waals surface area contributed by atoms with Crippen LogP contribution in [0.1, 0.15) is 0 Å². The van der Waals surface area contributed by atoms with Crippen molar-refractivity contribution >= 4 is 21.4 Å². The Labute approximate surface area is 129 Å². The van der Waals surface area contributed by atoms with E-state index < -0.39 is 10.0 Å². The Bertz CT molecular complexity index is 718. The van der Waals surface area contributed by atoms with Gasteiger partial charge in [0.25, 0.3) is 10.0 Å². The molecule has 0 bridgehead atoms. The van der Waals surface area contributed by atoms with E-state index in [2.05, 4.69) is 10.0 Å². The maximum absolute atomic E-state index is 12.3. The summed E-state index contributed by atoms with van der Waals surface area (Å²) in [5, 5.41) is 11.9. The number of sulfonamides is 1. The van der Waals surface area contributed by atoms with Gasteiger partial charge < -0.3 is 15.2 Å². The molecule has 118 valence electrons. The van der Waals surface area contributed by atoms with Crippen molar-refractivity contribution in [3.8, 4) is 5.75 Å². The van der Waals surface area contributed by atoms with E-state index in [1.807, 2.05) is 0 Å². The van der Waals surface area contributed by atoms with Crippen molar-refractivity contribution < 1.29 is 18.3 Å². The highest BCUT2D eigenvalue weighted by molar-refractivity contribution is 7.92. The van der Waals surface area contributed by atoms with Crippen LogP contribution in [-0.4, -0.2) is 33.8 Å². The van der Waals surface area contributed by atoms with E-state index in [-0.39, 0.29) is 11.5 Å². The van der Waals surface area contributed by atoms with Crippen LogP contribution in [0.4, 0.5) is 11.4 Å². The third-order valence-corrected chi connectivity index (χ3v) is 4.33. The molecule has 22 heavy (non-hydrogen) atoms. The van der Waals surface area contributed by atoms with Crippen molar-refractivity contribution in [2.75, 3.05) is 30.3 Å². The first-order chi connectivity index (χ1) is 10.6. The third kappa shape index (κ3) is 3.90. The number of aliphatic hydroxyl groups excluding tert-OH is 1. The average molecular weight is 322 g/mol. The van der Waals surface area contributed by atoms with Crippen molar-refractivity contribution in [1.29, 1.82) is 0 Å². The number of ether oxygens (including phenoxy) is 1. The number of nitrogens with one attached hydrogen (secondary N) is 2. The molecule has 6 nitrogen and oxygen atoms in total. The molecule has 0 radical (unpaired) electrons. The highest BCUT2D eigenvalue weighted by Crippen LogP contribution is 2.28. The number of aliphatic hydroxyl groups is 1. The molecule has 0 aliphatic heterocycles. The minimum absolute atomic E-state index is 0.0386. The van der Waals surface area contributed by atoms with E-state index in [1.54, 1.807) is 36.4 Å². The van der Waals surface area contributed by atoms with Gasteiger partial charge in [0, 0.05) is 6.54 Å². The second-order valence-electron chi connectivity index (χ2n) is 4.48. The fourth-order valence-electron chi connectivity index (χ4n) is 1.91. The molecule has 0 heterocycles. The van der Waals surface area contributed by atoms with Crippen LogP contribution in [0.5, 0.6) is 5.75 Å². The lowest BCUT2D eigenvalue weighted by Crippen LogP contribution is -2.13. The topological polar surface area (TPSA) is 87.7 Å². The number of benzene rings is 2. The summed E-state index contributed by atoms with van der Waals surface area (Å²) in [6, 6.07) is 13.0. The van der Waals surface area contributed by atoms with Gasteiger partial charge in [-0.05, 0) is 30.3 Å². The van der Waals surface area contributed by atoms with Crippen molar-refractivity contribution in [2.24, 2.45) is 0 Å². The summed E-state index contributed by atoms with van der Waals surface area (Å²) in [5.74, 6) is 0.566. The van der Waals surface area contributed by atoms with Crippen LogP contribution in [0, 0.1) is 0 Å². The Morgan fingerprint density at radius 2 is 1.86 bits per heavy atom. The number of anilines is 2. The Kier molecular flexibility index (Phi) is 5.24. The van der Waals surface area contributed by atoms with E-state index >= 15 is 0 Å². The molecule has 0 aromatic heterocycles. The van der Waals surface area contributed by atoms with Gasteiger partial charge >= 0.3 is 0 Å². The second kappa shape index (κ2) is 7.15. The third-order valence-electron chi connectivity index (χ3n) is 2.93. The zero-order valence-electron chi connectivity index (χ0n) is 12.1. The first-order valence-electron chi connectivity index (χ1n) is 6.67. The van der Waals surface area contributed by atoms with E-state index in [0.29, 0.717) is 23.7 Å². The summed E-state index contributed by atoms with van der Waals surface area (Å²) in [4.78, 5) is 0.190. The molecular weight excluding hydrogens is 304 g/mol. The molecule has 0 atom stereocenters. The molecule has 0 saturated carbocycles. The normalized spacial score (nSPS) is 11.0. The minimum Gasteiger partial charge on any atom is -0.495 e. The lowest BCUT2D eigenvalue weighted by atomic mass is 10.2. The number of hydrogen-bond acceptors (Lipinski definition) is 5. The first-order valence-corrected chi connectivity index (χ1v) is 8.16. The van der Waals surface area contributed by atoms with Gasteiger partial charge in [-0.1, -0.05) is 18.2 Å². The number of hydrogen-bond donors (Lipinski definition) is 3. The molecule has 2 aromatic rings. The lowest BCUT2D eigenvalue weighted by Gasteiger charge is -2.13. The van der Waals surface area contributed by atoms with Crippen LogP contribution < -0.4 is 14.8 Å². The quantitative estimate of drug-likeness (QED) is 0.725. The van der Waals surface area contributed by atoms with E-state index in [1.165, 1.54) is 19.2 Å². The SMILES string of the molecule is COc1ccc(NS(=O)(=O)c2ccccc2)cc1NCCO. The second-order valence-corrected chi connectivity index (χ2v) is 6.17. The molecule has 0 spiro atoms. The Hall–Kier alpha value is -2.25. The van der Waals surface area contributed by atoms with Crippen molar-refractivity contribution in [3.05, 3.63) is 48.5 Å². The molecule has 0 aliphatic rings. The minimum atomic E-state index is -3.64. The summed E-state index contributed by atoms with van der Waals surface area (Å²) in [7, 11) is -2.12. The van der Waals surface area contributed by atoms with E-state index in [0.717, 1.165) is 0 Å². The molecule has 2 rings (SSSR count). The van der Waals surface area contributed by atoms with Gasteiger partial charge in [0.2, 0.25) is 0 Å². The van der Waals surface area contributed by atoms with Crippen molar-refractivity contribution in [3.63, 3.8) is 0 Å². The van der Waals surface area contributed by atoms with Crippen LogP contribution in [0.2, 0.25) is 0 Å². The fourth-order valence-corrected chi connectivity index (χ4v) is 2.98. The van der Waals surface area contributed by atoms with Gasteiger partial charge in [-0.3, -0.25) is 4.72 Å². The zero-order valence-corrected chi connectivity index (χ0v) is 12.9. The van der Waals surface area contributed by atoms with Gasteiger partial charge in [0.1, 0.15) is 5.75 Å². The monoisotopic (exact) mass is 322 g/mol. The highest BCUT2D eigenvalue weighted by Gasteiger charge is 2.14. The predicted octanol–water partition coefficient (Wildman–Crippen LogP) is 1.90. The molecule has 0 fully saturated rings. The molecule has 0 aliphatic carbocycles. The number of methoxy groups -OCH3 is 1. The Balaban J connectivity index is 2.26. The predicted molar refractivity (Wildman–Crippen MR) is 85.8 cm³/mol. The first kappa shape index (κ1) is 16.1. The molecule has 3 N–H and O–H groups in total. The smallest absolute Gasteiger partial charge is 0.261 e. The van der Waals surface area contributed by atoms with Crippen LogP contribution in [0.3, 0.4) is 0 Å². The molecule has 0 saturated heterocycles. The van der Waals surface area contributed by atoms with Crippen LogP contribution in [0.25, 0.3) is 0 Å². The highest BCUT2D eigenvalue weighted by atomic mass is 32.2. The van der Waals surface area contributed by atoms with Crippen LogP contribution in [-0.2, 0) is 10.0 Å². The van der Waals surface area contributed by atoms with Gasteiger partial charge in [0.15, 0.2) is 0 Å². The van der Waals surface area contributed by atoms with Gasteiger partial charge in [-0.15, -0.1) is 0 Å². The van der Waals surface area contributed by atoms with Crippen LogP contribution in [0.15, 0.2) is 53.4 Å². The standard InChI is InChI=1S/C15H18N2O4S/c1-21-15-8-7-12(11-14(15)16-9-10-18)17-22(19,20)13-5-3-2-4-6-13/h2-8,11,16-18H,9-10H2,1H3. The summed E-state index contributed by atoms with van der Waals surface area (Å²) < 4.78 is 32.3. The largest absolute Gasteiger partial charge is 0.495 e. The van der Waals surface area contributed by atoms with Crippen molar-refractivity contribution in [2.45, 2.75) is 4.90 Å². The zero-order chi connectivity index (χ0) is 16.0. The summed E-state index contributed by atoms with van der Waals surface area (Å²) in [5.41, 5.74) is 1.01. The van der Waals surface area contributed by atoms with Gasteiger partial charge in [-0.2, -0.15) is 0 Å². The van der Waals surface area contributed by atoms with Crippen LogP contribution >= 0.6 is 0 Å². The molecule has 7 heteroatoms. The summed E-state index contributed by atoms with van der Waals surface area (Å²) in [6.07, 6.45) is 0. The fraction of sp³-hybridized carbons (Fsp3) is 0.200. The maximum atomic E-state index is 12.3. The molecule has 0 unspecified atom stereocenters. The Morgan fingerprint density at radius 3 is 2.50 bits per heavy atom. The lowest BCUT2D eigenvalue weighted by molar-refractivity contribution is 0.311. The number of rotatable bonds is 7. The Morgan fingerprint density at radius 1 is 1.14 bits per heavy atom. The maximum Gasteiger partial charge on any atom is 0.261 e. The van der Waals surface area contributed by atoms with E-state index in [4.69, 9.17) is 9.84 Å². The summed E-state index contributed by atoms with van der Waals surface area (Å²) >= 11 is 0. The average Bonchev–Trinajstić information content (AvgIpc) is 2.53. The molecule has 0 amide bonds. The molecule has 2 aromatic carbocycles. The van der Waals surface area contributed by atoms with Crippen molar-refractivity contribution in [1.82, 2.24) is 0 Å².